The molecule has 1 unspecified atom stereocenters. The normalized spacial score (nSPS) is 11.9. The summed E-state index contributed by atoms with van der Waals surface area (Å²) in [5.41, 5.74) is 5.37. The van der Waals surface area contributed by atoms with E-state index in [1.54, 1.807) is 12.1 Å². The second kappa shape index (κ2) is 6.03. The lowest BCUT2D eigenvalue weighted by molar-refractivity contribution is -0.123. The zero-order valence-corrected chi connectivity index (χ0v) is 8.77. The number of carbonyl (C=O) groups is 1. The fraction of sp³-hybridized carbons (Fsp3) is 0.364. The van der Waals surface area contributed by atoms with E-state index in [4.69, 9.17) is 10.5 Å². The predicted octanol–water partition coefficient (Wildman–Crippen LogP) is 0.529. The van der Waals surface area contributed by atoms with E-state index in [2.05, 4.69) is 5.32 Å². The second-order valence-electron chi connectivity index (χ2n) is 3.31. The highest BCUT2D eigenvalue weighted by Gasteiger charge is 2.05. The minimum absolute atomic E-state index is 0.0168. The third kappa shape index (κ3) is 4.46. The molecule has 1 amide bonds. The molecule has 0 aliphatic carbocycles. The van der Waals surface area contributed by atoms with Gasteiger partial charge in [-0.05, 0) is 19.1 Å². The molecule has 0 fully saturated rings. The van der Waals surface area contributed by atoms with Gasteiger partial charge in [-0.15, -0.1) is 0 Å². The first-order valence-corrected chi connectivity index (χ1v) is 4.89. The van der Waals surface area contributed by atoms with Crippen LogP contribution in [0, 0.1) is 0 Å². The Hall–Kier alpha value is -1.55. The Balaban J connectivity index is 2.29. The Labute approximate surface area is 89.4 Å². The molecular formula is C11H16N2O2. The number of nitrogens with two attached hydrogens (primary N) is 1. The molecule has 3 N–H and O–H groups in total. The average Bonchev–Trinajstić information content (AvgIpc) is 2.27. The maximum atomic E-state index is 11.3. The van der Waals surface area contributed by atoms with Gasteiger partial charge in [0.1, 0.15) is 5.75 Å². The molecule has 0 aliphatic heterocycles. The molecule has 0 saturated carbocycles. The standard InChI is InChI=1S/C11H16N2O2/c1-9(7-12)13-11(14)8-15-10-5-3-2-4-6-10/h2-6,9H,7-8,12H2,1H3,(H,13,14). The van der Waals surface area contributed by atoms with Crippen molar-refractivity contribution in [2.24, 2.45) is 5.73 Å². The van der Waals surface area contributed by atoms with Crippen LogP contribution in [-0.4, -0.2) is 25.1 Å². The first kappa shape index (κ1) is 11.5. The lowest BCUT2D eigenvalue weighted by Gasteiger charge is -2.11. The highest BCUT2D eigenvalue weighted by atomic mass is 16.5. The Morgan fingerprint density at radius 2 is 2.13 bits per heavy atom. The smallest absolute Gasteiger partial charge is 0.258 e. The molecule has 0 spiro atoms. The molecule has 1 rings (SSSR count). The summed E-state index contributed by atoms with van der Waals surface area (Å²) in [6.07, 6.45) is 0. The first-order chi connectivity index (χ1) is 7.22. The summed E-state index contributed by atoms with van der Waals surface area (Å²) < 4.78 is 5.26. The molecule has 4 nitrogen and oxygen atoms in total. The lowest BCUT2D eigenvalue weighted by Crippen LogP contribution is -2.40. The highest BCUT2D eigenvalue weighted by Crippen LogP contribution is 2.07. The number of carbonyl (C=O) groups excluding carboxylic acids is 1. The molecule has 1 aromatic rings. The minimum atomic E-state index is -0.156. The molecule has 1 atom stereocenters. The van der Waals surface area contributed by atoms with Crippen LogP contribution in [-0.2, 0) is 4.79 Å². The monoisotopic (exact) mass is 208 g/mol. The Morgan fingerprint density at radius 3 is 2.73 bits per heavy atom. The molecule has 0 radical (unpaired) electrons. The second-order valence-corrected chi connectivity index (χ2v) is 3.31. The van der Waals surface area contributed by atoms with Crippen LogP contribution in [0.5, 0.6) is 5.75 Å². The molecule has 15 heavy (non-hydrogen) atoms. The highest BCUT2D eigenvalue weighted by molar-refractivity contribution is 5.77. The number of ether oxygens (including phenoxy) is 1. The molecule has 0 aromatic heterocycles. The van der Waals surface area contributed by atoms with Gasteiger partial charge >= 0.3 is 0 Å². The maximum absolute atomic E-state index is 11.3. The topological polar surface area (TPSA) is 64.3 Å². The molecule has 0 aliphatic rings. The molecule has 0 bridgehead atoms. The van der Waals surface area contributed by atoms with E-state index < -0.39 is 0 Å². The summed E-state index contributed by atoms with van der Waals surface area (Å²) in [6.45, 7) is 2.30. The van der Waals surface area contributed by atoms with Crippen LogP contribution in [0.25, 0.3) is 0 Å². The van der Waals surface area contributed by atoms with Crippen LogP contribution < -0.4 is 15.8 Å². The SMILES string of the molecule is CC(CN)NC(=O)COc1ccccc1. The van der Waals surface area contributed by atoms with Crippen molar-refractivity contribution in [3.8, 4) is 5.75 Å². The van der Waals surface area contributed by atoms with Crippen LogP contribution >= 0.6 is 0 Å². The fourth-order valence-electron chi connectivity index (χ4n) is 1.04. The van der Waals surface area contributed by atoms with Crippen LogP contribution in [0.4, 0.5) is 0 Å². The van der Waals surface area contributed by atoms with Crippen molar-refractivity contribution in [1.82, 2.24) is 5.32 Å². The quantitative estimate of drug-likeness (QED) is 0.741. The summed E-state index contributed by atoms with van der Waals surface area (Å²) in [7, 11) is 0. The van der Waals surface area contributed by atoms with E-state index in [1.807, 2.05) is 25.1 Å². The van der Waals surface area contributed by atoms with E-state index in [9.17, 15) is 4.79 Å². The van der Waals surface area contributed by atoms with Gasteiger partial charge in [-0.25, -0.2) is 0 Å². The zero-order chi connectivity index (χ0) is 11.1. The van der Waals surface area contributed by atoms with Crippen molar-refractivity contribution in [3.63, 3.8) is 0 Å². The number of hydrogen-bond acceptors (Lipinski definition) is 3. The van der Waals surface area contributed by atoms with Gasteiger partial charge in [0.15, 0.2) is 6.61 Å². The Bertz CT molecular complexity index is 301. The predicted molar refractivity (Wildman–Crippen MR) is 58.6 cm³/mol. The Morgan fingerprint density at radius 1 is 1.47 bits per heavy atom. The maximum Gasteiger partial charge on any atom is 0.258 e. The third-order valence-electron chi connectivity index (χ3n) is 1.87. The lowest BCUT2D eigenvalue weighted by atomic mass is 10.3. The number of benzene rings is 1. The van der Waals surface area contributed by atoms with E-state index in [0.29, 0.717) is 12.3 Å². The summed E-state index contributed by atoms with van der Waals surface area (Å²) in [6, 6.07) is 9.20. The van der Waals surface area contributed by atoms with Gasteiger partial charge < -0.3 is 15.8 Å². The van der Waals surface area contributed by atoms with Crippen molar-refractivity contribution < 1.29 is 9.53 Å². The number of rotatable bonds is 5. The van der Waals surface area contributed by atoms with Gasteiger partial charge in [0.2, 0.25) is 0 Å². The van der Waals surface area contributed by atoms with Crippen LogP contribution in [0.1, 0.15) is 6.92 Å². The van der Waals surface area contributed by atoms with Crippen molar-refractivity contribution in [3.05, 3.63) is 30.3 Å². The Kier molecular flexibility index (Phi) is 4.63. The zero-order valence-electron chi connectivity index (χ0n) is 8.77. The third-order valence-corrected chi connectivity index (χ3v) is 1.87. The summed E-state index contributed by atoms with van der Waals surface area (Å²) >= 11 is 0. The molecule has 0 saturated heterocycles. The first-order valence-electron chi connectivity index (χ1n) is 4.89. The van der Waals surface area contributed by atoms with E-state index >= 15 is 0 Å². The summed E-state index contributed by atoms with van der Waals surface area (Å²) in [4.78, 5) is 11.3. The van der Waals surface area contributed by atoms with Gasteiger partial charge in [-0.2, -0.15) is 0 Å². The van der Waals surface area contributed by atoms with Crippen molar-refractivity contribution in [2.75, 3.05) is 13.2 Å². The molecule has 4 heteroatoms. The van der Waals surface area contributed by atoms with E-state index in [1.165, 1.54) is 0 Å². The summed E-state index contributed by atoms with van der Waals surface area (Å²) in [5.74, 6) is 0.532. The van der Waals surface area contributed by atoms with Crippen molar-refractivity contribution in [1.29, 1.82) is 0 Å². The van der Waals surface area contributed by atoms with Gasteiger partial charge in [0.05, 0.1) is 0 Å². The van der Waals surface area contributed by atoms with Crippen molar-refractivity contribution in [2.45, 2.75) is 13.0 Å². The van der Waals surface area contributed by atoms with Gasteiger partial charge in [0, 0.05) is 12.6 Å². The van der Waals surface area contributed by atoms with Gasteiger partial charge in [0.25, 0.3) is 5.91 Å². The van der Waals surface area contributed by atoms with Crippen LogP contribution in [0.3, 0.4) is 0 Å². The molecule has 82 valence electrons. The number of amides is 1. The van der Waals surface area contributed by atoms with Crippen LogP contribution in [0.15, 0.2) is 30.3 Å². The van der Waals surface area contributed by atoms with E-state index in [-0.39, 0.29) is 18.6 Å². The average molecular weight is 208 g/mol. The van der Waals surface area contributed by atoms with Crippen LogP contribution in [0.2, 0.25) is 0 Å². The number of para-hydroxylation sites is 1. The molecular weight excluding hydrogens is 192 g/mol. The molecule has 0 heterocycles. The van der Waals surface area contributed by atoms with E-state index in [0.717, 1.165) is 0 Å². The van der Waals surface area contributed by atoms with Gasteiger partial charge in [-0.3, -0.25) is 4.79 Å². The van der Waals surface area contributed by atoms with Crippen molar-refractivity contribution >= 4 is 5.91 Å². The van der Waals surface area contributed by atoms with Gasteiger partial charge in [-0.1, -0.05) is 18.2 Å². The minimum Gasteiger partial charge on any atom is -0.484 e. The largest absolute Gasteiger partial charge is 0.484 e. The summed E-state index contributed by atoms with van der Waals surface area (Å²) in [5, 5.41) is 2.71. The molecule has 1 aromatic carbocycles. The fourth-order valence-corrected chi connectivity index (χ4v) is 1.04. The number of hydrogen-bond donors (Lipinski definition) is 2. The number of nitrogens with one attached hydrogen (secondary N) is 1.